The molecule has 188 valence electrons. The van der Waals surface area contributed by atoms with Crippen molar-refractivity contribution in [1.82, 2.24) is 9.97 Å². The first-order valence-corrected chi connectivity index (χ1v) is 12.5. The molecule has 0 fully saturated rings. The van der Waals surface area contributed by atoms with Crippen LogP contribution < -0.4 is 23.7 Å². The molecule has 1 heterocycles. The number of sulfonamides is 1. The van der Waals surface area contributed by atoms with Crippen molar-refractivity contribution in [3.05, 3.63) is 54.4 Å². The molecule has 35 heavy (non-hydrogen) atoms. The molecular formula is C24H29N3O7S. The lowest BCUT2D eigenvalue weighted by Gasteiger charge is -2.17. The predicted molar refractivity (Wildman–Crippen MR) is 130 cm³/mol. The van der Waals surface area contributed by atoms with E-state index in [1.165, 1.54) is 14.2 Å². The monoisotopic (exact) mass is 503 g/mol. The minimum Gasteiger partial charge on any atom is -0.493 e. The summed E-state index contributed by atoms with van der Waals surface area (Å²) >= 11 is 0. The number of anilines is 1. The zero-order valence-corrected chi connectivity index (χ0v) is 20.7. The van der Waals surface area contributed by atoms with Crippen molar-refractivity contribution in [2.75, 3.05) is 32.2 Å². The Morgan fingerprint density at radius 1 is 1.03 bits per heavy atom. The van der Waals surface area contributed by atoms with Crippen molar-refractivity contribution in [1.29, 1.82) is 0 Å². The fraction of sp³-hybridized carbons (Fsp3) is 0.333. The summed E-state index contributed by atoms with van der Waals surface area (Å²) in [4.78, 5) is 8.30. The van der Waals surface area contributed by atoms with Crippen LogP contribution in [0.2, 0.25) is 0 Å². The number of aliphatic hydroxyl groups excluding tert-OH is 1. The second kappa shape index (κ2) is 12.2. The number of aliphatic hydroxyl groups is 1. The van der Waals surface area contributed by atoms with Gasteiger partial charge < -0.3 is 24.1 Å². The number of methoxy groups -OCH3 is 2. The largest absolute Gasteiger partial charge is 0.493 e. The van der Waals surface area contributed by atoms with Crippen molar-refractivity contribution in [3.63, 3.8) is 0 Å². The molecule has 0 aliphatic carbocycles. The van der Waals surface area contributed by atoms with Gasteiger partial charge in [-0.05, 0) is 36.6 Å². The first-order valence-electron chi connectivity index (χ1n) is 11.0. The number of hydrogen-bond donors (Lipinski definition) is 2. The molecule has 3 rings (SSSR count). The van der Waals surface area contributed by atoms with Gasteiger partial charge in [-0.2, -0.15) is 4.98 Å². The van der Waals surface area contributed by atoms with Crippen LogP contribution in [0.5, 0.6) is 28.9 Å². The average molecular weight is 504 g/mol. The maximum absolute atomic E-state index is 13.4. The zero-order chi connectivity index (χ0) is 25.3. The van der Waals surface area contributed by atoms with E-state index in [1.54, 1.807) is 42.5 Å². The Labute approximate surface area is 204 Å². The molecule has 0 saturated heterocycles. The Kier molecular flexibility index (Phi) is 9.10. The summed E-state index contributed by atoms with van der Waals surface area (Å²) in [5, 5.41) is 9.19. The van der Waals surface area contributed by atoms with Crippen LogP contribution in [0.25, 0.3) is 0 Å². The Bertz CT molecular complexity index is 1240. The highest BCUT2D eigenvalue weighted by Crippen LogP contribution is 2.39. The summed E-state index contributed by atoms with van der Waals surface area (Å²) in [6.45, 7) is 1.69. The van der Waals surface area contributed by atoms with Crippen LogP contribution in [0.4, 0.5) is 5.82 Å². The lowest BCUT2D eigenvalue weighted by atomic mass is 10.1. The average Bonchev–Trinajstić information content (AvgIpc) is 2.87. The number of aryl methyl sites for hydroxylation is 1. The molecule has 2 aromatic carbocycles. The number of rotatable bonds is 13. The molecule has 0 unspecified atom stereocenters. The van der Waals surface area contributed by atoms with E-state index < -0.39 is 10.0 Å². The molecule has 0 atom stereocenters. The SMILES string of the molecule is CCCCc1ccccc1S(=O)(=O)Nc1ncnc(OCCO)c1Oc1ccc(OC)c(OC)c1. The van der Waals surface area contributed by atoms with Gasteiger partial charge >= 0.3 is 0 Å². The highest BCUT2D eigenvalue weighted by atomic mass is 32.2. The van der Waals surface area contributed by atoms with E-state index in [2.05, 4.69) is 14.7 Å². The third kappa shape index (κ3) is 6.52. The normalized spacial score (nSPS) is 11.1. The summed E-state index contributed by atoms with van der Waals surface area (Å²) in [6.07, 6.45) is 3.56. The lowest BCUT2D eigenvalue weighted by Crippen LogP contribution is -2.17. The topological polar surface area (TPSA) is 129 Å². The van der Waals surface area contributed by atoms with Gasteiger partial charge in [0.15, 0.2) is 17.3 Å². The van der Waals surface area contributed by atoms with Gasteiger partial charge in [0.25, 0.3) is 15.9 Å². The molecule has 1 aromatic heterocycles. The van der Waals surface area contributed by atoms with Crippen LogP contribution in [0.3, 0.4) is 0 Å². The highest BCUT2D eigenvalue weighted by Gasteiger charge is 2.24. The third-order valence-corrected chi connectivity index (χ3v) is 6.41. The van der Waals surface area contributed by atoms with Crippen molar-refractivity contribution in [3.8, 4) is 28.9 Å². The Morgan fingerprint density at radius 3 is 2.51 bits per heavy atom. The number of unbranched alkanes of at least 4 members (excludes halogenated alkanes) is 1. The Balaban J connectivity index is 2.01. The second-order valence-corrected chi connectivity index (χ2v) is 9.02. The third-order valence-electron chi connectivity index (χ3n) is 4.97. The smallest absolute Gasteiger partial charge is 0.263 e. The summed E-state index contributed by atoms with van der Waals surface area (Å²) < 4.78 is 51.2. The van der Waals surface area contributed by atoms with E-state index in [0.29, 0.717) is 29.2 Å². The van der Waals surface area contributed by atoms with Gasteiger partial charge in [-0.25, -0.2) is 13.4 Å². The van der Waals surface area contributed by atoms with Gasteiger partial charge in [0, 0.05) is 6.07 Å². The van der Waals surface area contributed by atoms with Crippen molar-refractivity contribution in [2.24, 2.45) is 0 Å². The summed E-state index contributed by atoms with van der Waals surface area (Å²) in [6, 6.07) is 11.6. The maximum atomic E-state index is 13.4. The van der Waals surface area contributed by atoms with E-state index in [0.717, 1.165) is 19.2 Å². The van der Waals surface area contributed by atoms with Crippen LogP contribution >= 0.6 is 0 Å². The van der Waals surface area contributed by atoms with Gasteiger partial charge in [0.2, 0.25) is 5.75 Å². The molecule has 0 aliphatic heterocycles. The number of benzene rings is 2. The lowest BCUT2D eigenvalue weighted by molar-refractivity contribution is 0.192. The van der Waals surface area contributed by atoms with Gasteiger partial charge in [0.1, 0.15) is 18.7 Å². The first kappa shape index (κ1) is 26.0. The minimum atomic E-state index is -4.02. The van der Waals surface area contributed by atoms with Crippen LogP contribution in [0, 0.1) is 0 Å². The number of hydrogen-bond acceptors (Lipinski definition) is 9. The summed E-state index contributed by atoms with van der Waals surface area (Å²) in [5.74, 6) is 0.976. The van der Waals surface area contributed by atoms with Gasteiger partial charge in [0.05, 0.1) is 25.7 Å². The van der Waals surface area contributed by atoms with E-state index in [1.807, 2.05) is 6.92 Å². The quantitative estimate of drug-likeness (QED) is 0.358. The maximum Gasteiger partial charge on any atom is 0.263 e. The first-order chi connectivity index (χ1) is 16.9. The molecule has 0 radical (unpaired) electrons. The van der Waals surface area contributed by atoms with Gasteiger partial charge in [-0.3, -0.25) is 4.72 Å². The number of aromatic nitrogens is 2. The van der Waals surface area contributed by atoms with Crippen molar-refractivity contribution >= 4 is 15.8 Å². The second-order valence-electron chi connectivity index (χ2n) is 7.36. The Morgan fingerprint density at radius 2 is 1.80 bits per heavy atom. The fourth-order valence-electron chi connectivity index (χ4n) is 3.29. The Hall–Kier alpha value is -3.57. The molecule has 11 heteroatoms. The summed E-state index contributed by atoms with van der Waals surface area (Å²) in [7, 11) is -1.03. The van der Waals surface area contributed by atoms with Crippen LogP contribution in [0.1, 0.15) is 25.3 Å². The number of nitrogens with zero attached hydrogens (tertiary/aromatic N) is 2. The van der Waals surface area contributed by atoms with Gasteiger partial charge in [-0.15, -0.1) is 0 Å². The van der Waals surface area contributed by atoms with Crippen LogP contribution in [-0.2, 0) is 16.4 Å². The zero-order valence-electron chi connectivity index (χ0n) is 19.9. The molecule has 0 aliphatic rings. The molecule has 0 spiro atoms. The van der Waals surface area contributed by atoms with Crippen molar-refractivity contribution in [2.45, 2.75) is 31.1 Å². The molecule has 2 N–H and O–H groups in total. The molecule has 0 bridgehead atoms. The van der Waals surface area contributed by atoms with Crippen molar-refractivity contribution < 1.29 is 32.5 Å². The molecular weight excluding hydrogens is 474 g/mol. The fourth-order valence-corrected chi connectivity index (χ4v) is 4.57. The van der Waals surface area contributed by atoms with E-state index in [4.69, 9.17) is 18.9 Å². The number of ether oxygens (including phenoxy) is 4. The molecule has 10 nitrogen and oxygen atoms in total. The molecule has 3 aromatic rings. The molecule has 0 saturated carbocycles. The predicted octanol–water partition coefficient (Wildman–Crippen LogP) is 3.80. The van der Waals surface area contributed by atoms with Crippen LogP contribution in [-0.4, -0.2) is 50.9 Å². The minimum absolute atomic E-state index is 0.0409. The van der Waals surface area contributed by atoms with Gasteiger partial charge in [-0.1, -0.05) is 31.5 Å². The van der Waals surface area contributed by atoms with E-state index in [9.17, 15) is 13.5 Å². The van der Waals surface area contributed by atoms with Crippen LogP contribution in [0.15, 0.2) is 53.7 Å². The number of nitrogens with one attached hydrogen (secondary N) is 1. The molecule has 0 amide bonds. The van der Waals surface area contributed by atoms with E-state index >= 15 is 0 Å². The standard InChI is InChI=1S/C24H29N3O7S/c1-4-5-8-17-9-6-7-10-21(17)35(29,30)27-23-22(24(26-16-25-23)33-14-13-28)34-18-11-12-19(31-2)20(15-18)32-3/h6-7,9-12,15-16,28H,4-5,8,13-14H2,1-3H3,(H,25,26,27). The highest BCUT2D eigenvalue weighted by molar-refractivity contribution is 7.92. The van der Waals surface area contributed by atoms with E-state index in [-0.39, 0.29) is 35.6 Å². The summed E-state index contributed by atoms with van der Waals surface area (Å²) in [5.41, 5.74) is 0.704.